The topological polar surface area (TPSA) is 217 Å². The molecule has 1 aliphatic rings. The molecule has 0 unspecified atom stereocenters. The molecule has 1 fully saturated rings. The standard InChI is InChI=1S/C23H35N5O10S2/c1-12(2)19(31)36-9-8-22(4,5)11-37-40(34,35)28-13(3)15(18(28)30)26-17(29)16(14-10-39-21(24)25-14)27-38-23(6,7)20(32)33/h10,12-13,15H,8-9,11H2,1-7H3,(H2,24,25)(H,26,29)(H,32,33)/b27-16+/t13-,15-/m0/s1. The van der Waals surface area contributed by atoms with Crippen molar-refractivity contribution in [3.8, 4) is 0 Å². The maximum Gasteiger partial charge on any atom is 0.365 e. The number of thiazole rings is 1. The van der Waals surface area contributed by atoms with Gasteiger partial charge in [0.2, 0.25) is 5.60 Å². The fraction of sp³-hybridized carbons (Fsp3) is 0.652. The first kappa shape index (κ1) is 32.9. The van der Waals surface area contributed by atoms with Crippen molar-refractivity contribution in [2.75, 3.05) is 18.9 Å². The molecule has 4 N–H and O–H groups in total. The van der Waals surface area contributed by atoms with Crippen LogP contribution < -0.4 is 11.1 Å². The lowest BCUT2D eigenvalue weighted by molar-refractivity contribution is -0.161. The first-order valence-electron chi connectivity index (χ1n) is 12.2. The number of carboxylic acid groups (broad SMARTS) is 1. The Balaban J connectivity index is 2.07. The van der Waals surface area contributed by atoms with E-state index < -0.39 is 56.9 Å². The Bertz CT molecular complexity index is 1270. The molecule has 0 bridgehead atoms. The number of oxime groups is 1. The van der Waals surface area contributed by atoms with Gasteiger partial charge in [-0.05, 0) is 32.6 Å². The Labute approximate surface area is 236 Å². The number of carboxylic acids is 1. The Morgan fingerprint density at radius 2 is 1.90 bits per heavy atom. The molecule has 0 saturated carbocycles. The van der Waals surface area contributed by atoms with E-state index in [1.54, 1.807) is 27.7 Å². The van der Waals surface area contributed by atoms with E-state index in [0.717, 1.165) is 11.3 Å². The number of hydrogen-bond donors (Lipinski definition) is 3. The highest BCUT2D eigenvalue weighted by molar-refractivity contribution is 7.85. The third-order valence-electron chi connectivity index (χ3n) is 5.82. The van der Waals surface area contributed by atoms with Crippen LogP contribution in [-0.2, 0) is 43.2 Å². The summed E-state index contributed by atoms with van der Waals surface area (Å²) in [4.78, 5) is 57.7. The molecule has 17 heteroatoms. The number of aliphatic carboxylic acids is 1. The van der Waals surface area contributed by atoms with Crippen LogP contribution in [0.3, 0.4) is 0 Å². The van der Waals surface area contributed by atoms with E-state index in [2.05, 4.69) is 15.5 Å². The van der Waals surface area contributed by atoms with Gasteiger partial charge in [0.25, 0.3) is 11.8 Å². The van der Waals surface area contributed by atoms with Crippen LogP contribution in [0.25, 0.3) is 0 Å². The van der Waals surface area contributed by atoms with Gasteiger partial charge < -0.3 is 25.7 Å². The van der Waals surface area contributed by atoms with Crippen molar-refractivity contribution in [1.29, 1.82) is 0 Å². The van der Waals surface area contributed by atoms with Gasteiger partial charge in [0.05, 0.1) is 25.2 Å². The quantitative estimate of drug-likeness (QED) is 0.117. The summed E-state index contributed by atoms with van der Waals surface area (Å²) in [6.07, 6.45) is 0.313. The summed E-state index contributed by atoms with van der Waals surface area (Å²) in [7, 11) is -4.51. The average molecular weight is 606 g/mol. The molecule has 1 aromatic rings. The van der Waals surface area contributed by atoms with E-state index >= 15 is 0 Å². The smallest absolute Gasteiger partial charge is 0.365 e. The second kappa shape index (κ2) is 12.5. The van der Waals surface area contributed by atoms with Gasteiger partial charge in [0.1, 0.15) is 11.7 Å². The van der Waals surface area contributed by atoms with Crippen LogP contribution in [0.15, 0.2) is 10.5 Å². The van der Waals surface area contributed by atoms with Crippen molar-refractivity contribution in [2.24, 2.45) is 16.5 Å². The largest absolute Gasteiger partial charge is 0.478 e. The highest BCUT2D eigenvalue weighted by Gasteiger charge is 2.53. The molecular weight excluding hydrogens is 570 g/mol. The van der Waals surface area contributed by atoms with E-state index in [0.29, 0.717) is 10.7 Å². The molecule has 2 rings (SSSR count). The van der Waals surface area contributed by atoms with Crippen LogP contribution in [0, 0.1) is 11.3 Å². The molecule has 1 saturated heterocycles. The molecule has 0 spiro atoms. The Kier molecular flexibility index (Phi) is 10.3. The Hall–Kier alpha value is -3.31. The number of aromatic nitrogens is 1. The van der Waals surface area contributed by atoms with Crippen LogP contribution in [0.1, 0.15) is 60.6 Å². The van der Waals surface area contributed by atoms with E-state index in [9.17, 15) is 32.7 Å². The lowest BCUT2D eigenvalue weighted by Crippen LogP contribution is -2.71. The summed E-state index contributed by atoms with van der Waals surface area (Å²) in [5.41, 5.74) is 2.64. The molecule has 0 aromatic carbocycles. The van der Waals surface area contributed by atoms with E-state index in [1.165, 1.54) is 26.2 Å². The van der Waals surface area contributed by atoms with Gasteiger partial charge in [-0.2, -0.15) is 8.42 Å². The second-order valence-corrected chi connectivity index (χ2v) is 13.1. The van der Waals surface area contributed by atoms with Crippen LogP contribution in [-0.4, -0.2) is 83.2 Å². The Morgan fingerprint density at radius 1 is 1.27 bits per heavy atom. The van der Waals surface area contributed by atoms with E-state index in [4.69, 9.17) is 19.5 Å². The molecule has 1 aliphatic heterocycles. The number of esters is 1. The van der Waals surface area contributed by atoms with Crippen LogP contribution in [0.5, 0.6) is 0 Å². The van der Waals surface area contributed by atoms with Gasteiger partial charge in [-0.15, -0.1) is 11.3 Å². The van der Waals surface area contributed by atoms with E-state index in [-0.39, 0.29) is 35.9 Å². The zero-order chi connectivity index (χ0) is 30.6. The van der Waals surface area contributed by atoms with Crippen LogP contribution >= 0.6 is 11.3 Å². The van der Waals surface area contributed by atoms with Gasteiger partial charge in [-0.1, -0.05) is 32.9 Å². The highest BCUT2D eigenvalue weighted by Crippen LogP contribution is 2.28. The average Bonchev–Trinajstić information content (AvgIpc) is 3.26. The third-order valence-corrected chi connectivity index (χ3v) is 7.90. The van der Waals surface area contributed by atoms with Crippen molar-refractivity contribution >= 4 is 56.2 Å². The first-order valence-corrected chi connectivity index (χ1v) is 14.4. The molecule has 40 heavy (non-hydrogen) atoms. The number of anilines is 1. The minimum Gasteiger partial charge on any atom is -0.478 e. The summed E-state index contributed by atoms with van der Waals surface area (Å²) in [5.74, 6) is -3.93. The highest BCUT2D eigenvalue weighted by atomic mass is 32.2. The van der Waals surface area contributed by atoms with Gasteiger partial charge in [-0.3, -0.25) is 18.6 Å². The van der Waals surface area contributed by atoms with Gasteiger partial charge in [-0.25, -0.2) is 14.1 Å². The van der Waals surface area contributed by atoms with Crippen molar-refractivity contribution in [3.05, 3.63) is 11.1 Å². The number of carbonyl (C=O) groups is 4. The lowest BCUT2D eigenvalue weighted by atomic mass is 9.91. The summed E-state index contributed by atoms with van der Waals surface area (Å²) in [5, 5.41) is 16.7. The predicted molar refractivity (Wildman–Crippen MR) is 143 cm³/mol. The molecular formula is C23H35N5O10S2. The number of carbonyl (C=O) groups excluding carboxylic acids is 3. The van der Waals surface area contributed by atoms with Gasteiger partial charge in [0, 0.05) is 5.38 Å². The number of amides is 2. The maximum atomic E-state index is 13.0. The third kappa shape index (κ3) is 8.11. The monoisotopic (exact) mass is 605 g/mol. The molecule has 15 nitrogen and oxygen atoms in total. The van der Waals surface area contributed by atoms with Gasteiger partial charge >= 0.3 is 22.2 Å². The number of nitrogens with two attached hydrogens (primary N) is 1. The van der Waals surface area contributed by atoms with Crippen molar-refractivity contribution in [3.63, 3.8) is 0 Å². The molecule has 2 amide bonds. The molecule has 1 aromatic heterocycles. The molecule has 0 radical (unpaired) electrons. The van der Waals surface area contributed by atoms with Crippen molar-refractivity contribution < 1.29 is 46.5 Å². The predicted octanol–water partition coefficient (Wildman–Crippen LogP) is 0.902. The normalized spacial score (nSPS) is 18.4. The first-order chi connectivity index (χ1) is 18.3. The minimum atomic E-state index is -4.51. The Morgan fingerprint density at radius 3 is 2.40 bits per heavy atom. The number of β-lactam (4-membered cyclic amide) rings is 1. The molecule has 224 valence electrons. The zero-order valence-corrected chi connectivity index (χ0v) is 24.9. The number of rotatable bonds is 14. The number of ether oxygens (including phenoxy) is 1. The van der Waals surface area contributed by atoms with E-state index in [1.807, 2.05) is 0 Å². The number of nitrogen functional groups attached to an aromatic ring is 1. The molecule has 2 heterocycles. The fourth-order valence-corrected chi connectivity index (χ4v) is 5.05. The summed E-state index contributed by atoms with van der Waals surface area (Å²) < 4.78 is 36.3. The van der Waals surface area contributed by atoms with Crippen molar-refractivity contribution in [1.82, 2.24) is 14.6 Å². The fourth-order valence-electron chi connectivity index (χ4n) is 3.06. The number of nitrogens with one attached hydrogen (secondary N) is 1. The zero-order valence-electron chi connectivity index (χ0n) is 23.3. The molecule has 2 atom stereocenters. The van der Waals surface area contributed by atoms with Gasteiger partial charge in [0.15, 0.2) is 10.8 Å². The second-order valence-electron chi connectivity index (χ2n) is 10.7. The summed E-state index contributed by atoms with van der Waals surface area (Å²) in [6, 6.07) is -2.28. The lowest BCUT2D eigenvalue weighted by Gasteiger charge is -2.43. The maximum absolute atomic E-state index is 13.0. The number of nitrogens with zero attached hydrogens (tertiary/aromatic N) is 3. The van der Waals surface area contributed by atoms with Crippen molar-refractivity contribution in [2.45, 2.75) is 72.6 Å². The number of hydrogen-bond acceptors (Lipinski definition) is 13. The molecule has 0 aliphatic carbocycles. The SMILES string of the molecule is CC(C)C(=O)OCCC(C)(C)COS(=O)(=O)N1C(=O)[C@@H](NC(=O)/C(=N/OC(C)(C)C(=O)O)c2csc(N)n2)[C@@H]1C. The van der Waals surface area contributed by atoms with Crippen LogP contribution in [0.2, 0.25) is 0 Å². The summed E-state index contributed by atoms with van der Waals surface area (Å²) >= 11 is 0.986. The minimum absolute atomic E-state index is 0.0327. The summed E-state index contributed by atoms with van der Waals surface area (Å²) in [6.45, 7) is 10.4. The van der Waals surface area contributed by atoms with Crippen LogP contribution in [0.4, 0.5) is 5.13 Å².